The van der Waals surface area contributed by atoms with Gasteiger partial charge in [0.2, 0.25) is 0 Å². The van der Waals surface area contributed by atoms with E-state index in [1.807, 2.05) is 13.8 Å². The van der Waals surface area contributed by atoms with Gasteiger partial charge in [-0.15, -0.1) is 0 Å². The third-order valence-corrected chi connectivity index (χ3v) is 4.95. The fourth-order valence-corrected chi connectivity index (χ4v) is 3.77. The van der Waals surface area contributed by atoms with E-state index in [1.54, 1.807) is 54.5 Å². The largest absolute Gasteiger partial charge is 0.493 e. The SMILES string of the molecule is COc1ccc([C@@H]2[C@H](C(=O)O)c3ccccc3C(=O)N2C(C)C)cc1OC. The number of ether oxygens (including phenoxy) is 2. The molecule has 1 heterocycles. The zero-order valence-electron chi connectivity index (χ0n) is 15.8. The highest BCUT2D eigenvalue weighted by molar-refractivity contribution is 6.00. The Hall–Kier alpha value is -3.02. The second-order valence-corrected chi connectivity index (χ2v) is 6.77. The molecule has 0 saturated heterocycles. The predicted octanol–water partition coefficient (Wildman–Crippen LogP) is 3.48. The monoisotopic (exact) mass is 369 g/mol. The maximum absolute atomic E-state index is 13.2. The number of carbonyl (C=O) groups is 2. The number of benzene rings is 2. The van der Waals surface area contributed by atoms with Crippen LogP contribution in [0.5, 0.6) is 11.5 Å². The third-order valence-electron chi connectivity index (χ3n) is 4.95. The molecule has 0 aliphatic carbocycles. The summed E-state index contributed by atoms with van der Waals surface area (Å²) in [5.41, 5.74) is 1.67. The van der Waals surface area contributed by atoms with E-state index in [2.05, 4.69) is 0 Å². The summed E-state index contributed by atoms with van der Waals surface area (Å²) in [6.07, 6.45) is 0. The molecule has 6 nitrogen and oxygen atoms in total. The Morgan fingerprint density at radius 2 is 1.74 bits per heavy atom. The Labute approximate surface area is 158 Å². The summed E-state index contributed by atoms with van der Waals surface area (Å²) in [6, 6.07) is 11.4. The van der Waals surface area contributed by atoms with Crippen LogP contribution in [0.1, 0.15) is 47.3 Å². The molecule has 0 aromatic heterocycles. The summed E-state index contributed by atoms with van der Waals surface area (Å²) in [6.45, 7) is 3.77. The zero-order valence-corrected chi connectivity index (χ0v) is 15.8. The van der Waals surface area contributed by atoms with Crippen LogP contribution in [-0.4, -0.2) is 42.1 Å². The molecule has 142 valence electrons. The molecule has 1 N–H and O–H groups in total. The lowest BCUT2D eigenvalue weighted by molar-refractivity contribution is -0.140. The van der Waals surface area contributed by atoms with E-state index < -0.39 is 17.9 Å². The van der Waals surface area contributed by atoms with E-state index >= 15 is 0 Å². The first-order valence-corrected chi connectivity index (χ1v) is 8.77. The number of hydrogen-bond donors (Lipinski definition) is 1. The van der Waals surface area contributed by atoms with Crippen LogP contribution < -0.4 is 9.47 Å². The van der Waals surface area contributed by atoms with Crippen LogP contribution in [0.4, 0.5) is 0 Å². The van der Waals surface area contributed by atoms with Crippen LogP contribution in [0.2, 0.25) is 0 Å². The second-order valence-electron chi connectivity index (χ2n) is 6.77. The quantitative estimate of drug-likeness (QED) is 0.873. The van der Waals surface area contributed by atoms with Crippen molar-refractivity contribution >= 4 is 11.9 Å². The highest BCUT2D eigenvalue weighted by Crippen LogP contribution is 2.45. The number of carboxylic acid groups (broad SMARTS) is 1. The van der Waals surface area contributed by atoms with Crippen molar-refractivity contribution in [1.82, 2.24) is 4.90 Å². The average Bonchev–Trinajstić information content (AvgIpc) is 2.66. The maximum atomic E-state index is 13.2. The molecular formula is C21H23NO5. The Morgan fingerprint density at radius 3 is 2.33 bits per heavy atom. The lowest BCUT2D eigenvalue weighted by atomic mass is 9.79. The van der Waals surface area contributed by atoms with Gasteiger partial charge in [-0.25, -0.2) is 0 Å². The van der Waals surface area contributed by atoms with E-state index in [1.165, 1.54) is 7.11 Å². The number of fused-ring (bicyclic) bond motifs is 1. The van der Waals surface area contributed by atoms with E-state index in [4.69, 9.17) is 9.47 Å². The topological polar surface area (TPSA) is 76.1 Å². The summed E-state index contributed by atoms with van der Waals surface area (Å²) >= 11 is 0. The molecule has 3 rings (SSSR count). The molecule has 1 aliphatic rings. The van der Waals surface area contributed by atoms with E-state index in [9.17, 15) is 14.7 Å². The lowest BCUT2D eigenvalue weighted by Crippen LogP contribution is -2.48. The number of carbonyl (C=O) groups excluding carboxylic acids is 1. The molecule has 27 heavy (non-hydrogen) atoms. The molecule has 0 spiro atoms. The van der Waals surface area contributed by atoms with Gasteiger partial charge in [0.25, 0.3) is 5.91 Å². The van der Waals surface area contributed by atoms with Gasteiger partial charge in [0.05, 0.1) is 20.3 Å². The lowest BCUT2D eigenvalue weighted by Gasteiger charge is -2.43. The number of aliphatic carboxylic acids is 1. The zero-order chi connectivity index (χ0) is 19.7. The van der Waals surface area contributed by atoms with Gasteiger partial charge >= 0.3 is 5.97 Å². The van der Waals surface area contributed by atoms with Crippen molar-refractivity contribution in [3.05, 3.63) is 59.2 Å². The molecule has 0 fully saturated rings. The molecule has 2 aromatic carbocycles. The molecule has 0 radical (unpaired) electrons. The van der Waals surface area contributed by atoms with Gasteiger partial charge in [0.15, 0.2) is 11.5 Å². The van der Waals surface area contributed by atoms with Gasteiger partial charge < -0.3 is 19.5 Å². The molecule has 0 saturated carbocycles. The van der Waals surface area contributed by atoms with Crippen LogP contribution in [0.3, 0.4) is 0 Å². The Morgan fingerprint density at radius 1 is 1.07 bits per heavy atom. The Balaban J connectivity index is 2.24. The van der Waals surface area contributed by atoms with Crippen LogP contribution in [0, 0.1) is 0 Å². The van der Waals surface area contributed by atoms with Crippen molar-refractivity contribution in [2.45, 2.75) is 31.8 Å². The van der Waals surface area contributed by atoms with Crippen LogP contribution in [0.25, 0.3) is 0 Å². The number of amides is 1. The van der Waals surface area contributed by atoms with Gasteiger partial charge in [-0.05, 0) is 43.2 Å². The van der Waals surface area contributed by atoms with Gasteiger partial charge in [0.1, 0.15) is 5.92 Å². The first-order valence-electron chi connectivity index (χ1n) is 8.77. The average molecular weight is 369 g/mol. The predicted molar refractivity (Wildman–Crippen MR) is 100 cm³/mol. The second kappa shape index (κ2) is 7.31. The van der Waals surface area contributed by atoms with Crippen molar-refractivity contribution in [1.29, 1.82) is 0 Å². The fourth-order valence-electron chi connectivity index (χ4n) is 3.77. The highest BCUT2D eigenvalue weighted by Gasteiger charge is 2.45. The minimum absolute atomic E-state index is 0.169. The van der Waals surface area contributed by atoms with E-state index in [0.29, 0.717) is 28.2 Å². The molecule has 2 aromatic rings. The third kappa shape index (κ3) is 3.12. The number of hydrogen-bond acceptors (Lipinski definition) is 4. The molecule has 1 amide bonds. The Bertz CT molecular complexity index is 877. The summed E-state index contributed by atoms with van der Waals surface area (Å²) in [5.74, 6) is -0.974. The number of carboxylic acids is 1. The van der Waals surface area contributed by atoms with Crippen molar-refractivity contribution < 1.29 is 24.2 Å². The van der Waals surface area contributed by atoms with Crippen molar-refractivity contribution in [2.75, 3.05) is 14.2 Å². The minimum atomic E-state index is -0.972. The summed E-state index contributed by atoms with van der Waals surface area (Å²) in [5, 5.41) is 10.0. The van der Waals surface area contributed by atoms with Gasteiger partial charge in [-0.2, -0.15) is 0 Å². The first kappa shape index (κ1) is 18.8. The summed E-state index contributed by atoms with van der Waals surface area (Å²) in [7, 11) is 3.07. The smallest absolute Gasteiger partial charge is 0.313 e. The number of methoxy groups -OCH3 is 2. The highest BCUT2D eigenvalue weighted by atomic mass is 16.5. The molecule has 0 bridgehead atoms. The molecule has 2 atom stereocenters. The molecule has 1 aliphatic heterocycles. The Kier molecular flexibility index (Phi) is 5.08. The van der Waals surface area contributed by atoms with Crippen LogP contribution >= 0.6 is 0 Å². The first-order chi connectivity index (χ1) is 12.9. The normalized spacial score (nSPS) is 19.0. The number of nitrogens with zero attached hydrogens (tertiary/aromatic N) is 1. The fraction of sp³-hybridized carbons (Fsp3) is 0.333. The van der Waals surface area contributed by atoms with E-state index in [-0.39, 0.29) is 11.9 Å². The van der Waals surface area contributed by atoms with Crippen LogP contribution in [0.15, 0.2) is 42.5 Å². The van der Waals surface area contributed by atoms with Crippen molar-refractivity contribution in [3.63, 3.8) is 0 Å². The molecular weight excluding hydrogens is 346 g/mol. The standard InChI is InChI=1S/C21H23NO5/c1-12(2)22-19(13-9-10-16(26-3)17(11-13)27-4)18(21(24)25)14-7-5-6-8-15(14)20(22)23/h5-12,18-19H,1-4H3,(H,24,25)/t18-,19-/m1/s1. The van der Waals surface area contributed by atoms with Gasteiger partial charge in [-0.3, -0.25) is 9.59 Å². The molecule has 0 unspecified atom stereocenters. The summed E-state index contributed by atoms with van der Waals surface area (Å²) < 4.78 is 10.7. The van der Waals surface area contributed by atoms with Crippen molar-refractivity contribution in [3.8, 4) is 11.5 Å². The minimum Gasteiger partial charge on any atom is -0.493 e. The summed E-state index contributed by atoms with van der Waals surface area (Å²) in [4.78, 5) is 27.1. The number of rotatable bonds is 5. The van der Waals surface area contributed by atoms with E-state index in [0.717, 1.165) is 0 Å². The van der Waals surface area contributed by atoms with Gasteiger partial charge in [-0.1, -0.05) is 24.3 Å². The van der Waals surface area contributed by atoms with Gasteiger partial charge in [0, 0.05) is 11.6 Å². The molecule has 6 heteroatoms. The maximum Gasteiger partial charge on any atom is 0.313 e. The van der Waals surface area contributed by atoms with Crippen LogP contribution in [-0.2, 0) is 4.79 Å². The van der Waals surface area contributed by atoms with Crippen molar-refractivity contribution in [2.24, 2.45) is 0 Å².